The van der Waals surface area contributed by atoms with Crippen molar-refractivity contribution in [1.82, 2.24) is 4.98 Å². The second-order valence-electron chi connectivity index (χ2n) is 6.45. The first-order valence-electron chi connectivity index (χ1n) is 7.69. The van der Waals surface area contributed by atoms with Gasteiger partial charge in [0.15, 0.2) is 6.29 Å². The van der Waals surface area contributed by atoms with Gasteiger partial charge in [-0.3, -0.25) is 0 Å². The molecule has 0 fully saturated rings. The number of aliphatic hydroxyl groups excluding tert-OH is 1. The van der Waals surface area contributed by atoms with Crippen molar-refractivity contribution in [2.24, 2.45) is 0 Å². The Bertz CT molecular complexity index is 718. The fraction of sp³-hybridized carbons (Fsp3) is 0.444. The van der Waals surface area contributed by atoms with Gasteiger partial charge < -0.3 is 14.6 Å². The van der Waals surface area contributed by atoms with Crippen molar-refractivity contribution >= 4 is 17.3 Å². The van der Waals surface area contributed by atoms with E-state index in [9.17, 15) is 9.90 Å². The summed E-state index contributed by atoms with van der Waals surface area (Å²) < 4.78 is 10.5. The van der Waals surface area contributed by atoms with E-state index in [1.807, 2.05) is 39.8 Å². The molecule has 1 heterocycles. The molecule has 24 heavy (non-hydrogen) atoms. The number of esters is 1. The fourth-order valence-corrected chi connectivity index (χ4v) is 3.22. The smallest absolute Gasteiger partial charge is 0.338 e. The number of carbonyl (C=O) groups is 1. The Hall–Kier alpha value is -1.76. The van der Waals surface area contributed by atoms with Gasteiger partial charge >= 0.3 is 5.97 Å². The molecular formula is C18H23NO4S. The number of ether oxygens (including phenoxy) is 2. The van der Waals surface area contributed by atoms with Gasteiger partial charge in [-0.1, -0.05) is 18.2 Å². The predicted octanol–water partition coefficient (Wildman–Crippen LogP) is 3.63. The molecule has 0 bridgehead atoms. The van der Waals surface area contributed by atoms with Crippen molar-refractivity contribution < 1.29 is 19.4 Å². The lowest BCUT2D eigenvalue weighted by molar-refractivity contribution is -0.168. The highest BCUT2D eigenvalue weighted by Gasteiger charge is 2.24. The Morgan fingerprint density at radius 3 is 2.62 bits per heavy atom. The normalized spacial score (nSPS) is 12.9. The second kappa shape index (κ2) is 7.42. The average molecular weight is 349 g/mol. The van der Waals surface area contributed by atoms with Gasteiger partial charge in [0.05, 0.1) is 33.9 Å². The van der Waals surface area contributed by atoms with Crippen molar-refractivity contribution in [2.45, 2.75) is 46.0 Å². The van der Waals surface area contributed by atoms with Crippen LogP contribution >= 0.6 is 11.3 Å². The van der Waals surface area contributed by atoms with Gasteiger partial charge in [0.1, 0.15) is 0 Å². The highest BCUT2D eigenvalue weighted by Crippen LogP contribution is 2.31. The molecule has 0 aliphatic heterocycles. The van der Waals surface area contributed by atoms with E-state index in [1.165, 1.54) is 18.4 Å². The minimum atomic E-state index is -1.04. The fourth-order valence-electron chi connectivity index (χ4n) is 2.36. The van der Waals surface area contributed by atoms with Crippen molar-refractivity contribution in [3.63, 3.8) is 0 Å². The van der Waals surface area contributed by atoms with Crippen molar-refractivity contribution in [2.75, 3.05) is 7.11 Å². The maximum atomic E-state index is 11.9. The van der Waals surface area contributed by atoms with E-state index in [1.54, 1.807) is 12.1 Å². The molecule has 1 unspecified atom stereocenters. The van der Waals surface area contributed by atoms with Gasteiger partial charge in [0.25, 0.3) is 0 Å². The molecule has 1 N–H and O–H groups in total. The molecular weight excluding hydrogens is 326 g/mol. The predicted molar refractivity (Wildman–Crippen MR) is 93.2 cm³/mol. The topological polar surface area (TPSA) is 68.7 Å². The molecule has 2 rings (SSSR count). The number of carbonyl (C=O) groups excluding carboxylic acids is 1. The first kappa shape index (κ1) is 18.6. The molecule has 2 aromatic rings. The molecule has 130 valence electrons. The minimum Gasteiger partial charge on any atom is -0.465 e. The lowest BCUT2D eigenvalue weighted by atomic mass is 10.0. The number of thiazole rings is 1. The van der Waals surface area contributed by atoms with E-state index >= 15 is 0 Å². The number of hydrogen-bond donors (Lipinski definition) is 1. The summed E-state index contributed by atoms with van der Waals surface area (Å²) in [6, 6.07) is 7.24. The standard InChI is InChI=1S/C18H23NO4S/c1-11-19-14(15(24-11)17(21)23-18(2,3)4)10-12-8-6-7-9-13(12)16(20)22-5/h6-9,17,21H,10H2,1-5H3. The molecule has 0 amide bonds. The SMILES string of the molecule is COC(=O)c1ccccc1Cc1nc(C)sc1C(O)OC(C)(C)C. The van der Waals surface area contributed by atoms with Gasteiger partial charge in [-0.25, -0.2) is 9.78 Å². The zero-order valence-electron chi connectivity index (χ0n) is 14.6. The van der Waals surface area contributed by atoms with Crippen LogP contribution in [0.15, 0.2) is 24.3 Å². The maximum Gasteiger partial charge on any atom is 0.338 e. The number of nitrogens with zero attached hydrogens (tertiary/aromatic N) is 1. The summed E-state index contributed by atoms with van der Waals surface area (Å²) in [6.07, 6.45) is -0.619. The van der Waals surface area contributed by atoms with E-state index in [-0.39, 0.29) is 5.97 Å². The average Bonchev–Trinajstić information content (AvgIpc) is 2.86. The van der Waals surface area contributed by atoms with Gasteiger partial charge in [-0.15, -0.1) is 11.3 Å². The van der Waals surface area contributed by atoms with Crippen LogP contribution in [-0.2, 0) is 15.9 Å². The minimum absolute atomic E-state index is 0.384. The van der Waals surface area contributed by atoms with Crippen LogP contribution in [0, 0.1) is 6.92 Å². The quantitative estimate of drug-likeness (QED) is 0.659. The number of aryl methyl sites for hydroxylation is 1. The Morgan fingerprint density at radius 2 is 2.00 bits per heavy atom. The highest BCUT2D eigenvalue weighted by atomic mass is 32.1. The molecule has 0 saturated heterocycles. The van der Waals surface area contributed by atoms with Crippen molar-refractivity contribution in [3.05, 3.63) is 51.0 Å². The lowest BCUT2D eigenvalue weighted by Gasteiger charge is -2.23. The summed E-state index contributed by atoms with van der Waals surface area (Å²) in [5.41, 5.74) is 1.55. The third-order valence-electron chi connectivity index (χ3n) is 3.30. The van der Waals surface area contributed by atoms with Crippen LogP contribution < -0.4 is 0 Å². The number of aliphatic hydroxyl groups is 1. The number of methoxy groups -OCH3 is 1. The summed E-state index contributed by atoms with van der Waals surface area (Å²) in [6.45, 7) is 7.54. The van der Waals surface area contributed by atoms with Crippen LogP contribution in [-0.4, -0.2) is 28.8 Å². The first-order valence-corrected chi connectivity index (χ1v) is 8.51. The van der Waals surface area contributed by atoms with Gasteiger partial charge in [-0.2, -0.15) is 0 Å². The molecule has 5 nitrogen and oxygen atoms in total. The molecule has 0 aliphatic rings. The third-order valence-corrected chi connectivity index (χ3v) is 4.35. The molecule has 1 atom stereocenters. The van der Waals surface area contributed by atoms with E-state index in [0.29, 0.717) is 22.6 Å². The van der Waals surface area contributed by atoms with E-state index in [0.717, 1.165) is 10.6 Å². The Morgan fingerprint density at radius 1 is 1.33 bits per heavy atom. The summed E-state index contributed by atoms with van der Waals surface area (Å²) in [5, 5.41) is 11.2. The van der Waals surface area contributed by atoms with Crippen LogP contribution in [0.3, 0.4) is 0 Å². The van der Waals surface area contributed by atoms with Gasteiger partial charge in [0, 0.05) is 6.42 Å². The monoisotopic (exact) mass is 349 g/mol. The number of benzene rings is 1. The number of hydrogen-bond acceptors (Lipinski definition) is 6. The summed E-state index contributed by atoms with van der Waals surface area (Å²) in [5.74, 6) is -0.384. The Kier molecular flexibility index (Phi) is 5.74. The zero-order chi connectivity index (χ0) is 17.9. The van der Waals surface area contributed by atoms with Crippen LogP contribution in [0.25, 0.3) is 0 Å². The van der Waals surface area contributed by atoms with Crippen LogP contribution in [0.5, 0.6) is 0 Å². The molecule has 1 aromatic heterocycles. The van der Waals surface area contributed by atoms with Gasteiger partial charge in [0.2, 0.25) is 0 Å². The van der Waals surface area contributed by atoms with Crippen LogP contribution in [0.1, 0.15) is 58.6 Å². The number of rotatable bonds is 5. The van der Waals surface area contributed by atoms with Crippen molar-refractivity contribution in [3.8, 4) is 0 Å². The largest absolute Gasteiger partial charge is 0.465 e. The number of aromatic nitrogens is 1. The van der Waals surface area contributed by atoms with E-state index in [2.05, 4.69) is 4.98 Å². The van der Waals surface area contributed by atoms with Gasteiger partial charge in [-0.05, 0) is 39.3 Å². The lowest BCUT2D eigenvalue weighted by Crippen LogP contribution is -2.22. The van der Waals surface area contributed by atoms with Crippen LogP contribution in [0.4, 0.5) is 0 Å². The summed E-state index contributed by atoms with van der Waals surface area (Å²) in [4.78, 5) is 17.1. The first-order chi connectivity index (χ1) is 11.2. The molecule has 1 aromatic carbocycles. The summed E-state index contributed by atoms with van der Waals surface area (Å²) in [7, 11) is 1.36. The van der Waals surface area contributed by atoms with Crippen molar-refractivity contribution in [1.29, 1.82) is 0 Å². The molecule has 0 spiro atoms. The Balaban J connectivity index is 2.33. The second-order valence-corrected chi connectivity index (χ2v) is 7.69. The van der Waals surface area contributed by atoms with Crippen LogP contribution in [0.2, 0.25) is 0 Å². The molecule has 0 saturated carbocycles. The molecule has 0 aliphatic carbocycles. The highest BCUT2D eigenvalue weighted by molar-refractivity contribution is 7.11. The summed E-state index contributed by atoms with van der Waals surface area (Å²) >= 11 is 1.40. The molecule has 0 radical (unpaired) electrons. The Labute approximate surface area is 146 Å². The van der Waals surface area contributed by atoms with E-state index < -0.39 is 11.9 Å². The third kappa shape index (κ3) is 4.63. The van der Waals surface area contributed by atoms with E-state index in [4.69, 9.17) is 9.47 Å². The maximum absolute atomic E-state index is 11.9. The zero-order valence-corrected chi connectivity index (χ0v) is 15.4. The molecule has 6 heteroatoms.